The Kier molecular flexibility index (Phi) is 4.75. The summed E-state index contributed by atoms with van der Waals surface area (Å²) in [5.41, 5.74) is 0.0674. The summed E-state index contributed by atoms with van der Waals surface area (Å²) in [6, 6.07) is 6.26. The van der Waals surface area contributed by atoms with Crippen LogP contribution in [-0.2, 0) is 4.79 Å². The summed E-state index contributed by atoms with van der Waals surface area (Å²) in [6.07, 6.45) is 0. The first-order chi connectivity index (χ1) is 9.16. The van der Waals surface area contributed by atoms with Crippen LogP contribution in [0.2, 0.25) is 0 Å². The first-order valence-electron chi connectivity index (χ1n) is 6.02. The van der Waals surface area contributed by atoms with Gasteiger partial charge < -0.3 is 10.2 Å². The van der Waals surface area contributed by atoms with Gasteiger partial charge >= 0.3 is 0 Å². The molecule has 0 spiro atoms. The molecule has 1 aliphatic heterocycles. The lowest BCUT2D eigenvalue weighted by Crippen LogP contribution is -2.47. The van der Waals surface area contributed by atoms with Gasteiger partial charge in [-0.15, -0.1) is 11.8 Å². The Morgan fingerprint density at radius 2 is 1.95 bits per heavy atom. The quantitative estimate of drug-likeness (QED) is 0.508. The van der Waals surface area contributed by atoms with E-state index in [4.69, 9.17) is 0 Å². The van der Waals surface area contributed by atoms with Gasteiger partial charge in [-0.2, -0.15) is 0 Å². The van der Waals surface area contributed by atoms with Crippen LogP contribution < -0.4 is 5.32 Å². The molecule has 1 aromatic carbocycles. The Bertz CT molecular complexity index is 458. The van der Waals surface area contributed by atoms with Gasteiger partial charge in [0, 0.05) is 43.2 Å². The SMILES string of the molecule is O=C(CSc1ccc([N+](=O)[O-])cc1)N1CCNCC1. The molecule has 102 valence electrons. The minimum absolute atomic E-state index is 0.0674. The molecule has 7 heteroatoms. The van der Waals surface area contributed by atoms with E-state index in [0.717, 1.165) is 31.1 Å². The van der Waals surface area contributed by atoms with E-state index in [1.54, 1.807) is 12.1 Å². The van der Waals surface area contributed by atoms with Crippen LogP contribution in [0.4, 0.5) is 5.69 Å². The molecule has 19 heavy (non-hydrogen) atoms. The first kappa shape index (κ1) is 13.8. The molecule has 6 nitrogen and oxygen atoms in total. The molecule has 1 aliphatic rings. The predicted octanol–water partition coefficient (Wildman–Crippen LogP) is 1.12. The molecule has 0 unspecified atom stereocenters. The van der Waals surface area contributed by atoms with Gasteiger partial charge in [0.15, 0.2) is 0 Å². The third-order valence-corrected chi connectivity index (χ3v) is 3.88. The van der Waals surface area contributed by atoms with E-state index in [-0.39, 0.29) is 11.6 Å². The maximum Gasteiger partial charge on any atom is 0.269 e. The number of benzene rings is 1. The molecule has 0 aromatic heterocycles. The van der Waals surface area contributed by atoms with E-state index in [9.17, 15) is 14.9 Å². The zero-order chi connectivity index (χ0) is 13.7. The van der Waals surface area contributed by atoms with Crippen LogP contribution in [0.15, 0.2) is 29.2 Å². The number of hydrogen-bond acceptors (Lipinski definition) is 5. The number of amides is 1. The third-order valence-electron chi connectivity index (χ3n) is 2.88. The molecule has 1 amide bonds. The Morgan fingerprint density at radius 3 is 2.53 bits per heavy atom. The number of hydrogen-bond donors (Lipinski definition) is 1. The van der Waals surface area contributed by atoms with Crippen molar-refractivity contribution in [3.8, 4) is 0 Å². The Labute approximate surface area is 115 Å². The highest BCUT2D eigenvalue weighted by molar-refractivity contribution is 8.00. The lowest BCUT2D eigenvalue weighted by Gasteiger charge is -2.27. The van der Waals surface area contributed by atoms with Crippen LogP contribution >= 0.6 is 11.8 Å². The number of nitro groups is 1. The van der Waals surface area contributed by atoms with Crippen molar-refractivity contribution in [3.05, 3.63) is 34.4 Å². The molecule has 1 aromatic rings. The second-order valence-electron chi connectivity index (χ2n) is 4.17. The Hall–Kier alpha value is -1.60. The fourth-order valence-electron chi connectivity index (χ4n) is 1.81. The molecule has 0 saturated carbocycles. The predicted molar refractivity (Wildman–Crippen MR) is 73.3 cm³/mol. The van der Waals surface area contributed by atoms with Crippen LogP contribution in [0.25, 0.3) is 0 Å². The van der Waals surface area contributed by atoms with Crippen LogP contribution in [0.3, 0.4) is 0 Å². The minimum atomic E-state index is -0.430. The van der Waals surface area contributed by atoms with Crippen LogP contribution in [0.5, 0.6) is 0 Å². The zero-order valence-electron chi connectivity index (χ0n) is 10.4. The summed E-state index contributed by atoms with van der Waals surface area (Å²) in [4.78, 5) is 24.7. The number of nitrogens with zero attached hydrogens (tertiary/aromatic N) is 2. The number of nitrogens with one attached hydrogen (secondary N) is 1. The van der Waals surface area contributed by atoms with Crippen molar-refractivity contribution < 1.29 is 9.72 Å². The van der Waals surface area contributed by atoms with Gasteiger partial charge in [-0.05, 0) is 12.1 Å². The number of carbonyl (C=O) groups excluding carboxylic acids is 1. The number of nitro benzene ring substituents is 1. The summed E-state index contributed by atoms with van der Waals surface area (Å²) in [6.45, 7) is 3.18. The van der Waals surface area contributed by atoms with Crippen molar-refractivity contribution in [2.45, 2.75) is 4.90 Å². The maximum absolute atomic E-state index is 11.9. The summed E-state index contributed by atoms with van der Waals surface area (Å²) < 4.78 is 0. The van der Waals surface area contributed by atoms with Gasteiger partial charge in [-0.3, -0.25) is 14.9 Å². The van der Waals surface area contributed by atoms with Gasteiger partial charge in [-0.25, -0.2) is 0 Å². The van der Waals surface area contributed by atoms with Crippen molar-refractivity contribution in [1.29, 1.82) is 0 Å². The Morgan fingerprint density at radius 1 is 1.32 bits per heavy atom. The van der Waals surface area contributed by atoms with Gasteiger partial charge in [0.1, 0.15) is 0 Å². The second-order valence-corrected chi connectivity index (χ2v) is 5.22. The fraction of sp³-hybridized carbons (Fsp3) is 0.417. The molecule has 0 atom stereocenters. The third kappa shape index (κ3) is 3.93. The molecule has 2 rings (SSSR count). The van der Waals surface area contributed by atoms with Gasteiger partial charge in [0.2, 0.25) is 5.91 Å². The lowest BCUT2D eigenvalue weighted by atomic mass is 10.3. The standard InChI is InChI=1S/C12H15N3O3S/c16-12(14-7-5-13-6-8-14)9-19-11-3-1-10(2-4-11)15(17)18/h1-4,13H,5-9H2. The van der Waals surface area contributed by atoms with Crippen molar-refractivity contribution in [3.63, 3.8) is 0 Å². The zero-order valence-corrected chi connectivity index (χ0v) is 11.2. The average molecular weight is 281 g/mol. The van der Waals surface area contributed by atoms with E-state index in [1.807, 2.05) is 4.90 Å². The van der Waals surface area contributed by atoms with Gasteiger partial charge in [0.25, 0.3) is 5.69 Å². The molecular weight excluding hydrogens is 266 g/mol. The maximum atomic E-state index is 11.9. The highest BCUT2D eigenvalue weighted by atomic mass is 32.2. The second kappa shape index (κ2) is 6.53. The van der Waals surface area contributed by atoms with Crippen molar-refractivity contribution in [2.75, 3.05) is 31.9 Å². The van der Waals surface area contributed by atoms with Crippen LogP contribution in [-0.4, -0.2) is 47.7 Å². The highest BCUT2D eigenvalue weighted by Gasteiger charge is 2.16. The van der Waals surface area contributed by atoms with Crippen molar-refractivity contribution in [2.24, 2.45) is 0 Å². The van der Waals surface area contributed by atoms with Crippen molar-refractivity contribution >= 4 is 23.4 Å². The van der Waals surface area contributed by atoms with E-state index in [2.05, 4.69) is 5.32 Å². The van der Waals surface area contributed by atoms with E-state index in [0.29, 0.717) is 5.75 Å². The molecule has 0 aliphatic carbocycles. The Balaban J connectivity index is 1.84. The molecule has 1 heterocycles. The van der Waals surface area contributed by atoms with Gasteiger partial charge in [0.05, 0.1) is 10.7 Å². The summed E-state index contributed by atoms with van der Waals surface area (Å²) >= 11 is 1.41. The first-order valence-corrected chi connectivity index (χ1v) is 7.01. The highest BCUT2D eigenvalue weighted by Crippen LogP contribution is 2.21. The number of piperazine rings is 1. The molecule has 1 saturated heterocycles. The molecular formula is C12H15N3O3S. The number of rotatable bonds is 4. The normalized spacial score (nSPS) is 15.3. The largest absolute Gasteiger partial charge is 0.339 e. The molecule has 0 bridgehead atoms. The number of carbonyl (C=O) groups is 1. The van der Waals surface area contributed by atoms with Gasteiger partial charge in [-0.1, -0.05) is 0 Å². The summed E-state index contributed by atoms with van der Waals surface area (Å²) in [5, 5.41) is 13.7. The number of thioether (sulfide) groups is 1. The fourth-order valence-corrected chi connectivity index (χ4v) is 2.62. The van der Waals surface area contributed by atoms with E-state index < -0.39 is 4.92 Å². The topological polar surface area (TPSA) is 75.5 Å². The molecule has 0 radical (unpaired) electrons. The monoisotopic (exact) mass is 281 g/mol. The van der Waals surface area contributed by atoms with E-state index >= 15 is 0 Å². The van der Waals surface area contributed by atoms with Crippen LogP contribution in [0, 0.1) is 10.1 Å². The smallest absolute Gasteiger partial charge is 0.269 e. The van der Waals surface area contributed by atoms with E-state index in [1.165, 1.54) is 23.9 Å². The average Bonchev–Trinajstić information content (AvgIpc) is 2.46. The van der Waals surface area contributed by atoms with Crippen molar-refractivity contribution in [1.82, 2.24) is 10.2 Å². The summed E-state index contributed by atoms with van der Waals surface area (Å²) in [5.74, 6) is 0.488. The summed E-state index contributed by atoms with van der Waals surface area (Å²) in [7, 11) is 0. The van der Waals surface area contributed by atoms with Crippen LogP contribution in [0.1, 0.15) is 0 Å². The lowest BCUT2D eigenvalue weighted by molar-refractivity contribution is -0.384. The minimum Gasteiger partial charge on any atom is -0.339 e. The molecule has 1 N–H and O–H groups in total. The number of non-ortho nitro benzene ring substituents is 1. The molecule has 1 fully saturated rings.